The van der Waals surface area contributed by atoms with E-state index in [1.807, 2.05) is 6.92 Å². The van der Waals surface area contributed by atoms with Gasteiger partial charge in [-0.1, -0.05) is 6.92 Å². The van der Waals surface area contributed by atoms with Crippen LogP contribution in [-0.4, -0.2) is 31.9 Å². The minimum absolute atomic E-state index is 0. The molecule has 0 radical (unpaired) electrons. The summed E-state index contributed by atoms with van der Waals surface area (Å²) in [5.74, 6) is 0.210. The predicted molar refractivity (Wildman–Crippen MR) is 79.8 cm³/mol. The van der Waals surface area contributed by atoms with Crippen molar-refractivity contribution in [2.24, 2.45) is 11.7 Å². The van der Waals surface area contributed by atoms with Gasteiger partial charge in [-0.2, -0.15) is 4.31 Å². The van der Waals surface area contributed by atoms with Gasteiger partial charge in [0.15, 0.2) is 0 Å². The van der Waals surface area contributed by atoms with Crippen LogP contribution < -0.4 is 5.73 Å². The molecule has 0 aromatic carbocycles. The van der Waals surface area contributed by atoms with Crippen molar-refractivity contribution in [3.05, 3.63) is 15.9 Å². The first-order valence-corrected chi connectivity index (χ1v) is 8.47. The van der Waals surface area contributed by atoms with Gasteiger partial charge >= 0.3 is 0 Å². The Hall–Kier alpha value is 0.340. The van der Waals surface area contributed by atoms with Crippen molar-refractivity contribution in [1.29, 1.82) is 0 Å². The molecule has 2 rings (SSSR count). The van der Waals surface area contributed by atoms with Crippen molar-refractivity contribution in [1.82, 2.24) is 4.31 Å². The van der Waals surface area contributed by atoms with Crippen LogP contribution in [0.25, 0.3) is 0 Å². The lowest BCUT2D eigenvalue weighted by Crippen LogP contribution is -2.47. The number of nitrogens with two attached hydrogens (primary N) is 1. The average molecular weight is 376 g/mol. The van der Waals surface area contributed by atoms with Gasteiger partial charge in [-0.3, -0.25) is 0 Å². The molecule has 0 saturated carbocycles. The molecule has 1 fully saturated rings. The smallest absolute Gasteiger partial charge is 0.252 e. The number of halogens is 2. The molecule has 1 aromatic rings. The summed E-state index contributed by atoms with van der Waals surface area (Å²) in [6, 6.07) is 3.51. The largest absolute Gasteiger partial charge is 0.327 e. The second-order valence-electron chi connectivity index (χ2n) is 4.35. The Balaban J connectivity index is 0.00000162. The molecule has 1 aliphatic rings. The Morgan fingerprint density at radius 2 is 2.17 bits per heavy atom. The number of piperidine rings is 1. The van der Waals surface area contributed by atoms with E-state index in [0.29, 0.717) is 17.3 Å². The SMILES string of the molecule is CC1CN(S(=O)(=O)c2ccc(Br)s2)CCC1N.Cl. The summed E-state index contributed by atoms with van der Waals surface area (Å²) >= 11 is 4.53. The lowest BCUT2D eigenvalue weighted by molar-refractivity contribution is 0.250. The van der Waals surface area contributed by atoms with Gasteiger partial charge in [0, 0.05) is 19.1 Å². The van der Waals surface area contributed by atoms with Crippen LogP contribution >= 0.6 is 39.7 Å². The standard InChI is InChI=1S/C10H15BrN2O2S2.ClH/c1-7-6-13(5-4-8(7)12)17(14,15)10-3-2-9(11)16-10;/h2-3,7-8H,4-6,12H2,1H3;1H. The number of hydrogen-bond donors (Lipinski definition) is 1. The van der Waals surface area contributed by atoms with Crippen molar-refractivity contribution in [2.45, 2.75) is 23.6 Å². The van der Waals surface area contributed by atoms with Gasteiger partial charge in [0.25, 0.3) is 10.0 Å². The van der Waals surface area contributed by atoms with Crippen LogP contribution in [0.5, 0.6) is 0 Å². The first-order chi connectivity index (χ1) is 7.91. The molecule has 1 saturated heterocycles. The van der Waals surface area contributed by atoms with Crippen molar-refractivity contribution in [3.8, 4) is 0 Å². The maximum atomic E-state index is 12.3. The molecule has 0 aliphatic carbocycles. The van der Waals surface area contributed by atoms with Gasteiger partial charge in [-0.25, -0.2) is 8.42 Å². The van der Waals surface area contributed by atoms with Crippen LogP contribution in [-0.2, 0) is 10.0 Å². The molecule has 2 unspecified atom stereocenters. The molecular weight excluding hydrogens is 360 g/mol. The number of nitrogens with zero attached hydrogens (tertiary/aromatic N) is 1. The highest BCUT2D eigenvalue weighted by atomic mass is 79.9. The number of sulfonamides is 1. The maximum absolute atomic E-state index is 12.3. The maximum Gasteiger partial charge on any atom is 0.252 e. The highest BCUT2D eigenvalue weighted by molar-refractivity contribution is 9.11. The monoisotopic (exact) mass is 374 g/mol. The molecule has 18 heavy (non-hydrogen) atoms. The summed E-state index contributed by atoms with van der Waals surface area (Å²) in [4.78, 5) is 0. The zero-order chi connectivity index (χ0) is 12.6. The van der Waals surface area contributed by atoms with Crippen LogP contribution in [0.3, 0.4) is 0 Å². The normalized spacial score (nSPS) is 25.7. The summed E-state index contributed by atoms with van der Waals surface area (Å²) in [6.07, 6.45) is 0.729. The molecule has 104 valence electrons. The van der Waals surface area contributed by atoms with E-state index < -0.39 is 10.0 Å². The lowest BCUT2D eigenvalue weighted by atomic mass is 9.96. The van der Waals surface area contributed by atoms with E-state index in [2.05, 4.69) is 15.9 Å². The van der Waals surface area contributed by atoms with E-state index in [0.717, 1.165) is 10.2 Å². The van der Waals surface area contributed by atoms with E-state index in [-0.39, 0.29) is 24.4 Å². The Labute approximate surface area is 126 Å². The zero-order valence-electron chi connectivity index (χ0n) is 9.87. The van der Waals surface area contributed by atoms with Gasteiger partial charge in [0.05, 0.1) is 3.79 Å². The third-order valence-electron chi connectivity index (χ3n) is 3.08. The van der Waals surface area contributed by atoms with Crippen LogP contribution in [0.2, 0.25) is 0 Å². The van der Waals surface area contributed by atoms with E-state index in [9.17, 15) is 8.42 Å². The first kappa shape index (κ1) is 16.4. The molecule has 1 aromatic heterocycles. The van der Waals surface area contributed by atoms with Gasteiger partial charge < -0.3 is 5.73 Å². The van der Waals surface area contributed by atoms with Crippen LogP contribution in [0.4, 0.5) is 0 Å². The fourth-order valence-corrected chi connectivity index (χ4v) is 5.63. The molecule has 4 nitrogen and oxygen atoms in total. The minimum atomic E-state index is -3.33. The highest BCUT2D eigenvalue weighted by Crippen LogP contribution is 2.30. The summed E-state index contributed by atoms with van der Waals surface area (Å²) in [5, 5.41) is 0. The molecule has 0 spiro atoms. The Bertz CT molecular complexity index is 506. The number of rotatable bonds is 2. The Kier molecular flexibility index (Phi) is 5.64. The molecule has 2 N–H and O–H groups in total. The Morgan fingerprint density at radius 3 is 2.67 bits per heavy atom. The van der Waals surface area contributed by atoms with Crippen LogP contribution in [0, 0.1) is 5.92 Å². The molecular formula is C10H16BrClN2O2S2. The minimum Gasteiger partial charge on any atom is -0.327 e. The summed E-state index contributed by atoms with van der Waals surface area (Å²) in [6.45, 7) is 3.03. The van der Waals surface area contributed by atoms with Crippen LogP contribution in [0.15, 0.2) is 20.1 Å². The number of hydrogen-bond acceptors (Lipinski definition) is 4. The lowest BCUT2D eigenvalue weighted by Gasteiger charge is -2.33. The summed E-state index contributed by atoms with van der Waals surface area (Å²) < 4.78 is 27.4. The molecule has 2 atom stereocenters. The van der Waals surface area contributed by atoms with Gasteiger partial charge in [0.1, 0.15) is 4.21 Å². The fraction of sp³-hybridized carbons (Fsp3) is 0.600. The van der Waals surface area contributed by atoms with Gasteiger partial charge in [0.2, 0.25) is 0 Å². The van der Waals surface area contributed by atoms with Crippen molar-refractivity contribution in [2.75, 3.05) is 13.1 Å². The third kappa shape index (κ3) is 3.26. The average Bonchev–Trinajstić information content (AvgIpc) is 2.69. The molecule has 2 heterocycles. The zero-order valence-corrected chi connectivity index (χ0v) is 13.9. The third-order valence-corrected chi connectivity index (χ3v) is 7.03. The van der Waals surface area contributed by atoms with Crippen molar-refractivity contribution < 1.29 is 8.42 Å². The topological polar surface area (TPSA) is 63.4 Å². The number of thiophene rings is 1. The van der Waals surface area contributed by atoms with Gasteiger partial charge in [-0.15, -0.1) is 23.7 Å². The van der Waals surface area contributed by atoms with Crippen molar-refractivity contribution >= 4 is 49.7 Å². The van der Waals surface area contributed by atoms with E-state index in [1.54, 1.807) is 16.4 Å². The summed E-state index contributed by atoms with van der Waals surface area (Å²) in [5.41, 5.74) is 5.90. The molecule has 8 heteroatoms. The van der Waals surface area contributed by atoms with E-state index >= 15 is 0 Å². The predicted octanol–water partition coefficient (Wildman–Crippen LogP) is 2.29. The molecule has 0 bridgehead atoms. The quantitative estimate of drug-likeness (QED) is 0.862. The molecule has 0 amide bonds. The van der Waals surface area contributed by atoms with E-state index in [4.69, 9.17) is 5.73 Å². The van der Waals surface area contributed by atoms with Crippen LogP contribution in [0.1, 0.15) is 13.3 Å². The fourth-order valence-electron chi connectivity index (χ4n) is 1.91. The van der Waals surface area contributed by atoms with E-state index in [1.165, 1.54) is 11.3 Å². The summed E-state index contributed by atoms with van der Waals surface area (Å²) in [7, 11) is -3.33. The highest BCUT2D eigenvalue weighted by Gasteiger charge is 2.32. The first-order valence-electron chi connectivity index (χ1n) is 5.42. The second kappa shape index (κ2) is 6.19. The van der Waals surface area contributed by atoms with Crippen molar-refractivity contribution in [3.63, 3.8) is 0 Å². The Morgan fingerprint density at radius 1 is 1.50 bits per heavy atom. The van der Waals surface area contributed by atoms with Gasteiger partial charge in [-0.05, 0) is 40.4 Å². The molecule has 1 aliphatic heterocycles. The second-order valence-corrected chi connectivity index (χ2v) is 8.98.